The van der Waals surface area contributed by atoms with Gasteiger partial charge >= 0.3 is 6.03 Å². The minimum Gasteiger partial charge on any atom is -0.489 e. The first-order valence-electron chi connectivity index (χ1n) is 11.0. The Morgan fingerprint density at radius 2 is 1.89 bits per heavy atom. The highest BCUT2D eigenvalue weighted by Crippen LogP contribution is 2.29. The van der Waals surface area contributed by atoms with Crippen molar-refractivity contribution in [3.8, 4) is 5.75 Å². The molecule has 0 radical (unpaired) electrons. The van der Waals surface area contributed by atoms with Gasteiger partial charge in [0.05, 0.1) is 9.92 Å². The fourth-order valence-corrected chi connectivity index (χ4v) is 5.34. The predicted molar refractivity (Wildman–Crippen MR) is 130 cm³/mol. The number of nitrogens with zero attached hydrogens (tertiary/aromatic N) is 2. The van der Waals surface area contributed by atoms with Gasteiger partial charge in [0.15, 0.2) is 0 Å². The molecule has 1 aliphatic heterocycles. The maximum absolute atomic E-state index is 13.2. The fraction of sp³-hybridized carbons (Fsp3) is 0.250. The van der Waals surface area contributed by atoms with Crippen molar-refractivity contribution in [2.75, 3.05) is 18.4 Å². The normalized spacial score (nSPS) is 14.9. The van der Waals surface area contributed by atoms with E-state index in [-0.39, 0.29) is 29.1 Å². The first-order chi connectivity index (χ1) is 16.8. The monoisotopic (exact) mass is 518 g/mol. The van der Waals surface area contributed by atoms with Gasteiger partial charge in [-0.1, -0.05) is 17.7 Å². The third-order valence-electron chi connectivity index (χ3n) is 5.51. The van der Waals surface area contributed by atoms with Crippen molar-refractivity contribution in [2.24, 2.45) is 0 Å². The van der Waals surface area contributed by atoms with Crippen molar-refractivity contribution in [1.82, 2.24) is 14.6 Å². The molecule has 11 heteroatoms. The Morgan fingerprint density at radius 1 is 1.14 bits per heavy atom. The number of hydrogen-bond donors (Lipinski definition) is 2. The van der Waals surface area contributed by atoms with Crippen molar-refractivity contribution in [2.45, 2.75) is 30.4 Å². The number of nitrogens with one attached hydrogen (secondary N) is 2. The van der Waals surface area contributed by atoms with Gasteiger partial charge in [0.25, 0.3) is 0 Å². The summed E-state index contributed by atoms with van der Waals surface area (Å²) in [5.41, 5.74) is 1.33. The van der Waals surface area contributed by atoms with Crippen LogP contribution in [-0.4, -0.2) is 42.9 Å². The average Bonchev–Trinajstić information content (AvgIpc) is 2.86. The number of pyridine rings is 1. The maximum atomic E-state index is 13.2. The van der Waals surface area contributed by atoms with E-state index in [0.29, 0.717) is 30.8 Å². The number of piperidine rings is 1. The Labute approximate surface area is 208 Å². The molecule has 2 N–H and O–H groups in total. The molecule has 2 aromatic carbocycles. The molecule has 0 aliphatic carbocycles. The standard InChI is InChI=1S/C24H24ClFN4O4S/c25-22-14-18(26)3-8-23(22)34-20-9-12-30(13-10-20)35(32,33)21-6-4-19(5-7-21)29-24(31)28-16-17-2-1-11-27-15-17/h1-8,11,14-15,20H,9-10,12-13,16H2,(H2,28,29,31). The van der Waals surface area contributed by atoms with E-state index in [1.54, 1.807) is 30.6 Å². The topological polar surface area (TPSA) is 101 Å². The third kappa shape index (κ3) is 6.47. The highest BCUT2D eigenvalue weighted by atomic mass is 35.5. The van der Waals surface area contributed by atoms with Crippen molar-refractivity contribution in [3.05, 3.63) is 83.4 Å². The number of anilines is 1. The lowest BCUT2D eigenvalue weighted by Gasteiger charge is -2.31. The number of ether oxygens (including phenoxy) is 1. The van der Waals surface area contributed by atoms with E-state index in [4.69, 9.17) is 16.3 Å². The van der Waals surface area contributed by atoms with Gasteiger partial charge in [-0.2, -0.15) is 4.31 Å². The van der Waals surface area contributed by atoms with E-state index < -0.39 is 21.9 Å². The van der Waals surface area contributed by atoms with Gasteiger partial charge < -0.3 is 15.4 Å². The van der Waals surface area contributed by atoms with Crippen LogP contribution < -0.4 is 15.4 Å². The highest BCUT2D eigenvalue weighted by molar-refractivity contribution is 7.89. The first kappa shape index (κ1) is 24.9. The summed E-state index contributed by atoms with van der Waals surface area (Å²) in [4.78, 5) is 16.2. The van der Waals surface area contributed by atoms with Crippen LogP contribution in [0.5, 0.6) is 5.75 Å². The molecular weight excluding hydrogens is 495 g/mol. The first-order valence-corrected chi connectivity index (χ1v) is 12.8. The lowest BCUT2D eigenvalue weighted by molar-refractivity contribution is 0.135. The largest absolute Gasteiger partial charge is 0.489 e. The zero-order valence-corrected chi connectivity index (χ0v) is 20.2. The summed E-state index contributed by atoms with van der Waals surface area (Å²) in [6.07, 6.45) is 4.04. The number of halogens is 2. The molecule has 0 atom stereocenters. The summed E-state index contributed by atoms with van der Waals surface area (Å²) in [5.74, 6) is -0.0724. The molecule has 0 unspecified atom stereocenters. The number of amides is 2. The Hall–Kier alpha value is -3.21. The van der Waals surface area contributed by atoms with Gasteiger partial charge in [-0.25, -0.2) is 17.6 Å². The summed E-state index contributed by atoms with van der Waals surface area (Å²) in [6.45, 7) is 0.879. The molecule has 8 nitrogen and oxygen atoms in total. The van der Waals surface area contributed by atoms with Gasteiger partial charge in [0.2, 0.25) is 10.0 Å². The van der Waals surface area contributed by atoms with Crippen molar-refractivity contribution in [1.29, 1.82) is 0 Å². The van der Waals surface area contributed by atoms with Gasteiger partial charge in [-0.05, 0) is 66.9 Å². The molecule has 1 aliphatic rings. The second kappa shape index (κ2) is 11.0. The average molecular weight is 519 g/mol. The van der Waals surface area contributed by atoms with Crippen LogP contribution in [0, 0.1) is 5.82 Å². The van der Waals surface area contributed by atoms with Crippen molar-refractivity contribution in [3.63, 3.8) is 0 Å². The zero-order chi connectivity index (χ0) is 24.8. The Balaban J connectivity index is 1.29. The molecule has 0 spiro atoms. The van der Waals surface area contributed by atoms with E-state index in [1.165, 1.54) is 34.6 Å². The predicted octanol–water partition coefficient (Wildman–Crippen LogP) is 4.43. The van der Waals surface area contributed by atoms with Crippen LogP contribution in [0.25, 0.3) is 0 Å². The van der Waals surface area contributed by atoms with Crippen LogP contribution in [0.3, 0.4) is 0 Å². The zero-order valence-electron chi connectivity index (χ0n) is 18.7. The Bertz CT molecular complexity index is 1270. The second-order valence-corrected chi connectivity index (χ2v) is 10.3. The van der Waals surface area contributed by atoms with E-state index >= 15 is 0 Å². The third-order valence-corrected chi connectivity index (χ3v) is 7.72. The fourth-order valence-electron chi connectivity index (χ4n) is 3.66. The van der Waals surface area contributed by atoms with E-state index in [1.807, 2.05) is 6.07 Å². The lowest BCUT2D eigenvalue weighted by Crippen LogP contribution is -2.41. The van der Waals surface area contributed by atoms with Crippen LogP contribution >= 0.6 is 11.6 Å². The number of sulfonamides is 1. The molecular formula is C24H24ClFN4O4S. The molecule has 1 saturated heterocycles. The molecule has 4 rings (SSSR count). The van der Waals surface area contributed by atoms with E-state index in [0.717, 1.165) is 5.56 Å². The Kier molecular flexibility index (Phi) is 7.84. The number of carbonyl (C=O) groups is 1. The van der Waals surface area contributed by atoms with Crippen LogP contribution in [0.1, 0.15) is 18.4 Å². The van der Waals surface area contributed by atoms with Crippen LogP contribution in [-0.2, 0) is 16.6 Å². The summed E-state index contributed by atoms with van der Waals surface area (Å²) in [5, 5.41) is 5.57. The number of hydrogen-bond acceptors (Lipinski definition) is 5. The Morgan fingerprint density at radius 3 is 2.54 bits per heavy atom. The smallest absolute Gasteiger partial charge is 0.319 e. The summed E-state index contributed by atoms with van der Waals surface area (Å²) >= 11 is 6.02. The minimum absolute atomic E-state index is 0.139. The maximum Gasteiger partial charge on any atom is 0.319 e. The number of benzene rings is 2. The molecule has 184 valence electrons. The summed E-state index contributed by atoms with van der Waals surface area (Å²) in [6, 6.07) is 13.2. The van der Waals surface area contributed by atoms with Gasteiger partial charge in [-0.15, -0.1) is 0 Å². The van der Waals surface area contributed by atoms with E-state index in [2.05, 4.69) is 15.6 Å². The number of carbonyl (C=O) groups excluding carboxylic acids is 1. The van der Waals surface area contributed by atoms with Gasteiger partial charge in [0.1, 0.15) is 17.7 Å². The van der Waals surface area contributed by atoms with Gasteiger partial charge in [0, 0.05) is 37.7 Å². The number of aromatic nitrogens is 1. The van der Waals surface area contributed by atoms with Crippen molar-refractivity contribution >= 4 is 33.3 Å². The highest BCUT2D eigenvalue weighted by Gasteiger charge is 2.30. The molecule has 0 bridgehead atoms. The number of rotatable bonds is 7. The molecule has 3 aromatic rings. The molecule has 2 amide bonds. The van der Waals surface area contributed by atoms with Crippen LogP contribution in [0.15, 0.2) is 71.9 Å². The summed E-state index contributed by atoms with van der Waals surface area (Å²) in [7, 11) is -3.70. The van der Waals surface area contributed by atoms with Crippen molar-refractivity contribution < 1.29 is 22.3 Å². The molecule has 1 aromatic heterocycles. The quantitative estimate of drug-likeness (QED) is 0.482. The van der Waals surface area contributed by atoms with Gasteiger partial charge in [-0.3, -0.25) is 4.98 Å². The van der Waals surface area contributed by atoms with Crippen LogP contribution in [0.4, 0.5) is 14.9 Å². The molecule has 35 heavy (non-hydrogen) atoms. The molecule has 1 fully saturated rings. The SMILES string of the molecule is O=C(NCc1cccnc1)Nc1ccc(S(=O)(=O)N2CCC(Oc3ccc(F)cc3Cl)CC2)cc1. The summed E-state index contributed by atoms with van der Waals surface area (Å²) < 4.78 is 46.6. The lowest BCUT2D eigenvalue weighted by atomic mass is 10.1. The minimum atomic E-state index is -3.70. The molecule has 0 saturated carbocycles. The second-order valence-electron chi connectivity index (χ2n) is 7.99. The molecule has 2 heterocycles. The van der Waals surface area contributed by atoms with Crippen LogP contribution in [0.2, 0.25) is 5.02 Å². The number of urea groups is 1. The van der Waals surface area contributed by atoms with E-state index in [9.17, 15) is 17.6 Å².